The number of ketones is 1. The zero-order valence-corrected chi connectivity index (χ0v) is 22.4. The highest BCUT2D eigenvalue weighted by Gasteiger charge is 2.31. The number of rotatable bonds is 6. The number of allylic oxidation sites excluding steroid dienone is 1. The van der Waals surface area contributed by atoms with Crippen LogP contribution in [0.1, 0.15) is 50.9 Å². The van der Waals surface area contributed by atoms with Crippen molar-refractivity contribution in [1.29, 1.82) is 0 Å². The van der Waals surface area contributed by atoms with E-state index in [4.69, 9.17) is 9.97 Å². The lowest BCUT2D eigenvalue weighted by Gasteiger charge is -2.40. The molecule has 3 aromatic carbocycles. The molecule has 5 heteroatoms. The molecule has 0 amide bonds. The molecule has 1 atom stereocenters. The number of Topliss-reactive ketones (excluding diaryl/α,β-unsaturated/α-hetero) is 1. The van der Waals surface area contributed by atoms with Gasteiger partial charge < -0.3 is 4.90 Å². The fraction of sp³-hybridized carbons (Fsp3) is 0.265. The molecule has 5 nitrogen and oxygen atoms in total. The van der Waals surface area contributed by atoms with Gasteiger partial charge in [-0.25, -0.2) is 9.97 Å². The first-order chi connectivity index (χ1) is 19.2. The second-order valence-electron chi connectivity index (χ2n) is 10.5. The van der Waals surface area contributed by atoms with Gasteiger partial charge in [0.2, 0.25) is 5.95 Å². The predicted molar refractivity (Wildman–Crippen MR) is 157 cm³/mol. The number of carbonyl (C=O) groups is 1. The first kappa shape index (κ1) is 25.2. The summed E-state index contributed by atoms with van der Waals surface area (Å²) in [5.41, 5.74) is 6.20. The maximum Gasteiger partial charge on any atom is 0.225 e. The van der Waals surface area contributed by atoms with Crippen LogP contribution in [-0.2, 0) is 6.42 Å². The topological polar surface area (TPSA) is 49.3 Å². The van der Waals surface area contributed by atoms with Crippen LogP contribution in [0.4, 0.5) is 5.95 Å². The van der Waals surface area contributed by atoms with Crippen LogP contribution in [0.5, 0.6) is 0 Å². The number of aryl methyl sites for hydroxylation is 1. The lowest BCUT2D eigenvalue weighted by molar-refractivity contribution is 0.0956. The Morgan fingerprint density at radius 2 is 1.36 bits per heavy atom. The second kappa shape index (κ2) is 11.3. The van der Waals surface area contributed by atoms with Crippen molar-refractivity contribution in [2.75, 3.05) is 31.1 Å². The van der Waals surface area contributed by atoms with Crippen molar-refractivity contribution in [2.24, 2.45) is 5.92 Å². The van der Waals surface area contributed by atoms with E-state index in [1.807, 2.05) is 25.1 Å². The molecule has 1 aliphatic heterocycles. The van der Waals surface area contributed by atoms with Crippen LogP contribution >= 0.6 is 0 Å². The molecule has 2 heterocycles. The van der Waals surface area contributed by atoms with Gasteiger partial charge in [0, 0.05) is 32.6 Å². The van der Waals surface area contributed by atoms with E-state index < -0.39 is 0 Å². The van der Waals surface area contributed by atoms with Crippen molar-refractivity contribution in [3.8, 4) is 0 Å². The van der Waals surface area contributed by atoms with E-state index in [2.05, 4.69) is 94.7 Å². The van der Waals surface area contributed by atoms with Crippen molar-refractivity contribution in [3.63, 3.8) is 0 Å². The maximum absolute atomic E-state index is 13.1. The van der Waals surface area contributed by atoms with E-state index in [1.54, 1.807) is 0 Å². The van der Waals surface area contributed by atoms with Gasteiger partial charge in [-0.1, -0.05) is 103 Å². The molecule has 0 bridgehead atoms. The molecule has 0 N–H and O–H groups in total. The summed E-state index contributed by atoms with van der Waals surface area (Å²) in [5, 5.41) is 0. The van der Waals surface area contributed by atoms with E-state index in [0.717, 1.165) is 61.1 Å². The highest BCUT2D eigenvalue weighted by molar-refractivity contribution is 5.99. The Bertz CT molecular complexity index is 1410. The summed E-state index contributed by atoms with van der Waals surface area (Å²) in [7, 11) is 0. The van der Waals surface area contributed by atoms with Gasteiger partial charge in [-0.3, -0.25) is 9.69 Å². The quantitative estimate of drug-likeness (QED) is 0.309. The standard InChI is InChI=1S/C34H34N4O/c1-25-32-30(23-27(24-31(32)39)18-17-26-11-5-2-6-12-26)36-34(35-25)38-21-19-37(20-22-38)33(28-13-7-3-8-14-28)29-15-9-4-10-16-29/h2-18,27,33H,19-24H2,1H3/b18-17+. The molecule has 2 aliphatic rings. The first-order valence-corrected chi connectivity index (χ1v) is 13.9. The third-order valence-electron chi connectivity index (χ3n) is 7.89. The first-order valence-electron chi connectivity index (χ1n) is 13.9. The van der Waals surface area contributed by atoms with E-state index in [9.17, 15) is 4.79 Å². The Hall–Kier alpha value is -4.09. The Morgan fingerprint density at radius 3 is 1.97 bits per heavy atom. The van der Waals surface area contributed by atoms with Crippen molar-refractivity contribution < 1.29 is 4.79 Å². The van der Waals surface area contributed by atoms with Crippen molar-refractivity contribution in [1.82, 2.24) is 14.9 Å². The molecule has 1 aliphatic carbocycles. The minimum atomic E-state index is 0.154. The number of hydrogen-bond donors (Lipinski definition) is 0. The third kappa shape index (κ3) is 5.55. The van der Waals surface area contributed by atoms with Crippen LogP contribution in [0.3, 0.4) is 0 Å². The van der Waals surface area contributed by atoms with E-state index in [1.165, 1.54) is 11.1 Å². The molecule has 6 rings (SSSR count). The summed E-state index contributed by atoms with van der Waals surface area (Å²) in [5.74, 6) is 1.06. The maximum atomic E-state index is 13.1. The number of benzene rings is 3. The number of carbonyl (C=O) groups excluding carboxylic acids is 1. The van der Waals surface area contributed by atoms with Crippen molar-refractivity contribution >= 4 is 17.8 Å². The zero-order valence-electron chi connectivity index (χ0n) is 22.4. The average Bonchev–Trinajstić information content (AvgIpc) is 2.98. The Labute approximate surface area is 230 Å². The van der Waals surface area contributed by atoms with Crippen LogP contribution in [0, 0.1) is 12.8 Å². The Kier molecular flexibility index (Phi) is 7.33. The molecule has 1 aromatic heterocycles. The highest BCUT2D eigenvalue weighted by atomic mass is 16.1. The number of nitrogens with zero attached hydrogens (tertiary/aromatic N) is 4. The Balaban J connectivity index is 1.19. The van der Waals surface area contributed by atoms with E-state index in [0.29, 0.717) is 6.42 Å². The number of piperazine rings is 1. The molecular formula is C34H34N4O. The van der Waals surface area contributed by atoms with Crippen molar-refractivity contribution in [3.05, 3.63) is 131 Å². The van der Waals surface area contributed by atoms with Gasteiger partial charge in [-0.15, -0.1) is 0 Å². The average molecular weight is 515 g/mol. The molecule has 0 saturated carbocycles. The molecular weight excluding hydrogens is 480 g/mol. The smallest absolute Gasteiger partial charge is 0.225 e. The lowest BCUT2D eigenvalue weighted by atomic mass is 9.85. The molecule has 4 aromatic rings. The van der Waals surface area contributed by atoms with Gasteiger partial charge in [-0.2, -0.15) is 0 Å². The SMILES string of the molecule is Cc1nc(N2CCN(C(c3ccccc3)c3ccccc3)CC2)nc2c1C(=O)CC(/C=C/c1ccccc1)C2. The summed E-state index contributed by atoms with van der Waals surface area (Å²) >= 11 is 0. The molecule has 1 unspecified atom stereocenters. The van der Waals surface area contributed by atoms with Gasteiger partial charge in [0.1, 0.15) is 0 Å². The largest absolute Gasteiger partial charge is 0.338 e. The van der Waals surface area contributed by atoms with Gasteiger partial charge in [0.15, 0.2) is 5.78 Å². The molecule has 196 valence electrons. The predicted octanol–water partition coefficient (Wildman–Crippen LogP) is 6.16. The summed E-state index contributed by atoms with van der Waals surface area (Å²) in [4.78, 5) is 27.7. The normalized spacial score (nSPS) is 18.1. The minimum absolute atomic E-state index is 0.154. The van der Waals surface area contributed by atoms with Crippen LogP contribution < -0.4 is 4.90 Å². The van der Waals surface area contributed by atoms with E-state index >= 15 is 0 Å². The van der Waals surface area contributed by atoms with Gasteiger partial charge >= 0.3 is 0 Å². The van der Waals surface area contributed by atoms with Crippen molar-refractivity contribution in [2.45, 2.75) is 25.8 Å². The number of hydrogen-bond acceptors (Lipinski definition) is 5. The minimum Gasteiger partial charge on any atom is -0.338 e. The van der Waals surface area contributed by atoms with Gasteiger partial charge in [0.25, 0.3) is 0 Å². The van der Waals surface area contributed by atoms with Gasteiger partial charge in [-0.05, 0) is 36.0 Å². The molecule has 1 fully saturated rings. The summed E-state index contributed by atoms with van der Waals surface area (Å²) in [6.07, 6.45) is 5.57. The fourth-order valence-corrected chi connectivity index (χ4v) is 5.94. The molecule has 39 heavy (non-hydrogen) atoms. The number of anilines is 1. The molecule has 0 radical (unpaired) electrons. The second-order valence-corrected chi connectivity index (χ2v) is 10.5. The highest BCUT2D eigenvalue weighted by Crippen LogP contribution is 2.32. The number of aromatic nitrogens is 2. The third-order valence-corrected chi connectivity index (χ3v) is 7.89. The van der Waals surface area contributed by atoms with Crippen LogP contribution in [0.25, 0.3) is 6.08 Å². The van der Waals surface area contributed by atoms with Crippen LogP contribution in [0.2, 0.25) is 0 Å². The summed E-state index contributed by atoms with van der Waals surface area (Å²) < 4.78 is 0. The molecule has 0 spiro atoms. The van der Waals surface area contributed by atoms with E-state index in [-0.39, 0.29) is 17.7 Å². The lowest BCUT2D eigenvalue weighted by Crippen LogP contribution is -2.48. The zero-order chi connectivity index (χ0) is 26.6. The van der Waals surface area contributed by atoms with Crippen LogP contribution in [0.15, 0.2) is 97.1 Å². The monoisotopic (exact) mass is 514 g/mol. The summed E-state index contributed by atoms with van der Waals surface area (Å²) in [6, 6.07) is 32.0. The summed E-state index contributed by atoms with van der Waals surface area (Å²) in [6.45, 7) is 5.48. The fourth-order valence-electron chi connectivity index (χ4n) is 5.94. The Morgan fingerprint density at radius 1 is 0.769 bits per heavy atom. The van der Waals surface area contributed by atoms with Crippen LogP contribution in [-0.4, -0.2) is 46.8 Å². The molecule has 1 saturated heterocycles. The number of fused-ring (bicyclic) bond motifs is 1. The van der Waals surface area contributed by atoms with Gasteiger partial charge in [0.05, 0.1) is 23.0 Å².